The van der Waals surface area contributed by atoms with Gasteiger partial charge in [-0.05, 0) is 6.42 Å². The third-order valence-electron chi connectivity index (χ3n) is 2.90. The van der Waals surface area contributed by atoms with Crippen molar-refractivity contribution in [3.8, 4) is 0 Å². The van der Waals surface area contributed by atoms with Crippen molar-refractivity contribution in [1.82, 2.24) is 0 Å². The second-order valence-corrected chi connectivity index (χ2v) is 3.99. The van der Waals surface area contributed by atoms with E-state index in [1.54, 1.807) is 14.2 Å². The highest BCUT2D eigenvalue weighted by Crippen LogP contribution is 2.20. The Labute approximate surface area is 93.8 Å². The molecule has 15 heavy (non-hydrogen) atoms. The average molecular weight is 218 g/mol. The van der Waals surface area contributed by atoms with Crippen LogP contribution in [0.5, 0.6) is 0 Å². The topological polar surface area (TPSA) is 38.7 Å². The molecule has 0 unspecified atom stereocenters. The Morgan fingerprint density at radius 2 is 1.47 bits per heavy atom. The zero-order valence-corrected chi connectivity index (χ0v) is 10.4. The molecule has 0 rings (SSSR count). The lowest BCUT2D eigenvalue weighted by Crippen LogP contribution is -2.37. The first-order valence-electron chi connectivity index (χ1n) is 5.96. The summed E-state index contributed by atoms with van der Waals surface area (Å²) in [6.07, 6.45) is 8.17. The van der Waals surface area contributed by atoms with Crippen molar-refractivity contribution in [1.29, 1.82) is 0 Å². The van der Waals surface area contributed by atoms with E-state index in [0.717, 1.165) is 12.8 Å². The number of aliphatic hydroxyl groups excluding tert-OH is 1. The molecule has 92 valence electrons. The predicted octanol–water partition coefficient (Wildman–Crippen LogP) is 2.72. The quantitative estimate of drug-likeness (QED) is 0.452. The van der Waals surface area contributed by atoms with Gasteiger partial charge in [0.1, 0.15) is 0 Å². The van der Waals surface area contributed by atoms with Gasteiger partial charge in [0.25, 0.3) is 0 Å². The summed E-state index contributed by atoms with van der Waals surface area (Å²) in [5.74, 6) is -0.773. The van der Waals surface area contributed by atoms with Crippen molar-refractivity contribution < 1.29 is 14.6 Å². The predicted molar refractivity (Wildman–Crippen MR) is 61.8 cm³/mol. The van der Waals surface area contributed by atoms with E-state index in [0.29, 0.717) is 0 Å². The van der Waals surface area contributed by atoms with Gasteiger partial charge in [0.05, 0.1) is 6.61 Å². The van der Waals surface area contributed by atoms with E-state index in [4.69, 9.17) is 14.6 Å². The first kappa shape index (κ1) is 14.9. The minimum Gasteiger partial charge on any atom is -0.391 e. The first-order chi connectivity index (χ1) is 7.24. The summed E-state index contributed by atoms with van der Waals surface area (Å²) in [5.41, 5.74) is 0. The van der Waals surface area contributed by atoms with Crippen LogP contribution in [0.2, 0.25) is 0 Å². The van der Waals surface area contributed by atoms with Crippen LogP contribution in [-0.2, 0) is 9.47 Å². The van der Waals surface area contributed by atoms with Gasteiger partial charge in [-0.25, -0.2) is 0 Å². The van der Waals surface area contributed by atoms with Crippen LogP contribution in [0.4, 0.5) is 0 Å². The van der Waals surface area contributed by atoms with Gasteiger partial charge < -0.3 is 14.6 Å². The summed E-state index contributed by atoms with van der Waals surface area (Å²) < 4.78 is 10.4. The van der Waals surface area contributed by atoms with E-state index in [1.165, 1.54) is 32.1 Å². The molecule has 3 nitrogen and oxygen atoms in total. The Bertz CT molecular complexity index is 125. The largest absolute Gasteiger partial charge is 0.391 e. The number of aliphatic hydroxyl groups is 1. The molecule has 0 aromatic rings. The molecule has 0 amide bonds. The summed E-state index contributed by atoms with van der Waals surface area (Å²) in [7, 11) is 3.16. The standard InChI is InChI=1S/C12H26O3/c1-4-5-6-7-8-9-10-12(11-13,14-2)15-3/h13H,4-11H2,1-3H3. The van der Waals surface area contributed by atoms with E-state index in [9.17, 15) is 0 Å². The van der Waals surface area contributed by atoms with Crippen LogP contribution in [0.25, 0.3) is 0 Å². The fourth-order valence-electron chi connectivity index (χ4n) is 1.67. The zero-order chi connectivity index (χ0) is 11.6. The Morgan fingerprint density at radius 1 is 0.933 bits per heavy atom. The van der Waals surface area contributed by atoms with Crippen LogP contribution in [0.3, 0.4) is 0 Å². The van der Waals surface area contributed by atoms with E-state index in [2.05, 4.69) is 6.92 Å². The molecule has 1 N–H and O–H groups in total. The molecule has 0 saturated carbocycles. The van der Waals surface area contributed by atoms with Crippen molar-refractivity contribution in [2.24, 2.45) is 0 Å². The normalized spacial score (nSPS) is 12.0. The summed E-state index contributed by atoms with van der Waals surface area (Å²) in [5, 5.41) is 9.17. The molecule has 3 heteroatoms. The lowest BCUT2D eigenvalue weighted by atomic mass is 10.1. The van der Waals surface area contributed by atoms with E-state index >= 15 is 0 Å². The van der Waals surface area contributed by atoms with E-state index in [-0.39, 0.29) is 6.61 Å². The van der Waals surface area contributed by atoms with Crippen molar-refractivity contribution in [2.75, 3.05) is 20.8 Å². The Hall–Kier alpha value is -0.120. The fraction of sp³-hybridized carbons (Fsp3) is 1.00. The molecule has 0 radical (unpaired) electrons. The highest BCUT2D eigenvalue weighted by atomic mass is 16.7. The number of unbranched alkanes of at least 4 members (excludes halogenated alkanes) is 5. The maximum absolute atomic E-state index is 9.17. The summed E-state index contributed by atoms with van der Waals surface area (Å²) in [6, 6.07) is 0. The van der Waals surface area contributed by atoms with E-state index in [1.807, 2.05) is 0 Å². The number of ether oxygens (including phenoxy) is 2. The third-order valence-corrected chi connectivity index (χ3v) is 2.90. The summed E-state index contributed by atoms with van der Waals surface area (Å²) >= 11 is 0. The Morgan fingerprint density at radius 3 is 1.93 bits per heavy atom. The monoisotopic (exact) mass is 218 g/mol. The van der Waals surface area contributed by atoms with Gasteiger partial charge in [-0.3, -0.25) is 0 Å². The molecule has 0 aliphatic rings. The average Bonchev–Trinajstić information content (AvgIpc) is 2.29. The van der Waals surface area contributed by atoms with Gasteiger partial charge in [-0.2, -0.15) is 0 Å². The first-order valence-corrected chi connectivity index (χ1v) is 5.96. The van der Waals surface area contributed by atoms with Gasteiger partial charge in [0, 0.05) is 20.6 Å². The molecule has 0 aliphatic heterocycles. The van der Waals surface area contributed by atoms with Gasteiger partial charge in [0.15, 0.2) is 5.79 Å². The number of hydrogen-bond donors (Lipinski definition) is 1. The smallest absolute Gasteiger partial charge is 0.190 e. The number of hydrogen-bond acceptors (Lipinski definition) is 3. The van der Waals surface area contributed by atoms with Crippen LogP contribution in [0, 0.1) is 0 Å². The van der Waals surface area contributed by atoms with Crippen LogP contribution in [0.1, 0.15) is 51.9 Å². The molecule has 0 heterocycles. The van der Waals surface area contributed by atoms with Crippen molar-refractivity contribution in [2.45, 2.75) is 57.7 Å². The van der Waals surface area contributed by atoms with Gasteiger partial charge in [-0.15, -0.1) is 0 Å². The maximum Gasteiger partial charge on any atom is 0.190 e. The minimum absolute atomic E-state index is 0.0744. The van der Waals surface area contributed by atoms with E-state index < -0.39 is 5.79 Å². The molecule has 0 bridgehead atoms. The minimum atomic E-state index is -0.773. The number of methoxy groups -OCH3 is 2. The third kappa shape index (κ3) is 6.13. The Balaban J connectivity index is 3.54. The SMILES string of the molecule is CCCCCCCCC(CO)(OC)OC. The molecule has 0 atom stereocenters. The fourth-order valence-corrected chi connectivity index (χ4v) is 1.67. The highest BCUT2D eigenvalue weighted by Gasteiger charge is 2.27. The second kappa shape index (κ2) is 9.13. The lowest BCUT2D eigenvalue weighted by molar-refractivity contribution is -0.231. The molecular formula is C12H26O3. The van der Waals surface area contributed by atoms with Crippen molar-refractivity contribution >= 4 is 0 Å². The summed E-state index contributed by atoms with van der Waals surface area (Å²) in [4.78, 5) is 0. The van der Waals surface area contributed by atoms with Crippen LogP contribution in [-0.4, -0.2) is 31.7 Å². The van der Waals surface area contributed by atoms with Crippen LogP contribution in [0.15, 0.2) is 0 Å². The van der Waals surface area contributed by atoms with Gasteiger partial charge in [-0.1, -0.05) is 39.0 Å². The molecule has 0 fully saturated rings. The van der Waals surface area contributed by atoms with Gasteiger partial charge >= 0.3 is 0 Å². The molecule has 0 spiro atoms. The van der Waals surface area contributed by atoms with Crippen molar-refractivity contribution in [3.05, 3.63) is 0 Å². The lowest BCUT2D eigenvalue weighted by Gasteiger charge is -2.28. The zero-order valence-electron chi connectivity index (χ0n) is 10.4. The molecule has 0 aromatic heterocycles. The molecule has 0 aromatic carbocycles. The van der Waals surface area contributed by atoms with Crippen LogP contribution < -0.4 is 0 Å². The molecule has 0 aliphatic carbocycles. The number of rotatable bonds is 10. The second-order valence-electron chi connectivity index (χ2n) is 3.99. The Kier molecular flexibility index (Phi) is 9.06. The van der Waals surface area contributed by atoms with Crippen molar-refractivity contribution in [3.63, 3.8) is 0 Å². The summed E-state index contributed by atoms with van der Waals surface area (Å²) in [6.45, 7) is 2.14. The molecular weight excluding hydrogens is 192 g/mol. The molecule has 0 saturated heterocycles. The highest BCUT2D eigenvalue weighted by molar-refractivity contribution is 4.67. The van der Waals surface area contributed by atoms with Crippen LogP contribution >= 0.6 is 0 Å². The maximum atomic E-state index is 9.17. The van der Waals surface area contributed by atoms with Gasteiger partial charge in [0.2, 0.25) is 0 Å².